The first kappa shape index (κ1) is 18.4. The highest BCUT2D eigenvalue weighted by molar-refractivity contribution is 7.92. The number of hydrogen-bond donors (Lipinski definition) is 2. The molecule has 0 aliphatic rings. The predicted molar refractivity (Wildman–Crippen MR) is 106 cm³/mol. The Balaban J connectivity index is 1.76. The van der Waals surface area contributed by atoms with Crippen LogP contribution in [-0.4, -0.2) is 14.3 Å². The lowest BCUT2D eigenvalue weighted by Gasteiger charge is -2.11. The molecule has 0 spiro atoms. The van der Waals surface area contributed by atoms with Crippen molar-refractivity contribution in [2.45, 2.75) is 11.8 Å². The van der Waals surface area contributed by atoms with E-state index in [9.17, 15) is 13.2 Å². The van der Waals surface area contributed by atoms with Gasteiger partial charge in [-0.3, -0.25) is 9.52 Å². The fraction of sp³-hybridized carbons (Fsp3) is 0.0556. The summed E-state index contributed by atoms with van der Waals surface area (Å²) in [5, 5.41) is 4.99. The van der Waals surface area contributed by atoms with Crippen LogP contribution in [-0.2, 0) is 10.0 Å². The van der Waals surface area contributed by atoms with Crippen molar-refractivity contribution in [2.75, 3.05) is 10.0 Å². The van der Waals surface area contributed by atoms with Crippen molar-refractivity contribution in [2.24, 2.45) is 0 Å². The van der Waals surface area contributed by atoms with E-state index in [-0.39, 0.29) is 10.8 Å². The van der Waals surface area contributed by atoms with Gasteiger partial charge < -0.3 is 5.32 Å². The second-order valence-corrected chi connectivity index (χ2v) is 8.59. The summed E-state index contributed by atoms with van der Waals surface area (Å²) in [4.78, 5) is 12.7. The van der Waals surface area contributed by atoms with Crippen LogP contribution in [0.25, 0.3) is 0 Å². The Morgan fingerprint density at radius 1 is 1.08 bits per heavy atom. The van der Waals surface area contributed by atoms with Crippen molar-refractivity contribution in [3.05, 3.63) is 75.4 Å². The molecule has 0 saturated carbocycles. The van der Waals surface area contributed by atoms with Gasteiger partial charge in [-0.05, 0) is 60.3 Å². The number of anilines is 2. The number of sulfonamides is 1. The molecule has 0 aliphatic heterocycles. The molecule has 1 amide bonds. The highest BCUT2D eigenvalue weighted by Crippen LogP contribution is 2.24. The van der Waals surface area contributed by atoms with Gasteiger partial charge in [0.05, 0.1) is 15.5 Å². The Hall–Kier alpha value is -2.35. The Morgan fingerprint density at radius 3 is 2.46 bits per heavy atom. The lowest BCUT2D eigenvalue weighted by molar-refractivity contribution is 0.103. The van der Waals surface area contributed by atoms with Crippen LogP contribution < -0.4 is 10.0 Å². The number of nitrogens with one attached hydrogen (secondary N) is 2. The molecule has 0 atom stereocenters. The summed E-state index contributed by atoms with van der Waals surface area (Å²) in [7, 11) is -3.76. The molecule has 26 heavy (non-hydrogen) atoms. The largest absolute Gasteiger partial charge is 0.321 e. The number of amides is 1. The summed E-state index contributed by atoms with van der Waals surface area (Å²) in [6.07, 6.45) is 0. The average molecular weight is 407 g/mol. The van der Waals surface area contributed by atoms with Crippen molar-refractivity contribution in [1.29, 1.82) is 0 Å². The zero-order chi connectivity index (χ0) is 18.7. The number of rotatable bonds is 5. The first-order valence-electron chi connectivity index (χ1n) is 7.59. The first-order valence-corrected chi connectivity index (χ1v) is 10.3. The molecule has 3 aromatic rings. The van der Waals surface area contributed by atoms with E-state index in [1.165, 1.54) is 23.5 Å². The van der Waals surface area contributed by atoms with E-state index in [4.69, 9.17) is 11.6 Å². The lowest BCUT2D eigenvalue weighted by atomic mass is 10.2. The minimum Gasteiger partial charge on any atom is -0.321 e. The van der Waals surface area contributed by atoms with Crippen LogP contribution in [0.1, 0.15) is 15.2 Å². The van der Waals surface area contributed by atoms with Crippen LogP contribution in [0.5, 0.6) is 0 Å². The molecule has 2 N–H and O–H groups in total. The molecule has 3 rings (SSSR count). The Morgan fingerprint density at radius 2 is 1.81 bits per heavy atom. The zero-order valence-electron chi connectivity index (χ0n) is 13.7. The van der Waals surface area contributed by atoms with Gasteiger partial charge in [0.1, 0.15) is 0 Å². The monoisotopic (exact) mass is 406 g/mol. The molecular weight excluding hydrogens is 392 g/mol. The number of aryl methyl sites for hydroxylation is 1. The topological polar surface area (TPSA) is 75.3 Å². The van der Waals surface area contributed by atoms with Gasteiger partial charge in [0, 0.05) is 10.7 Å². The van der Waals surface area contributed by atoms with Crippen LogP contribution >= 0.6 is 22.9 Å². The molecule has 5 nitrogen and oxygen atoms in total. The van der Waals surface area contributed by atoms with Gasteiger partial charge in [0.25, 0.3) is 15.9 Å². The van der Waals surface area contributed by atoms with Crippen molar-refractivity contribution in [3.63, 3.8) is 0 Å². The molecule has 0 aliphatic carbocycles. The molecule has 8 heteroatoms. The van der Waals surface area contributed by atoms with E-state index < -0.39 is 10.0 Å². The fourth-order valence-electron chi connectivity index (χ4n) is 2.23. The summed E-state index contributed by atoms with van der Waals surface area (Å²) < 4.78 is 27.6. The number of benzene rings is 2. The average Bonchev–Trinajstić information content (AvgIpc) is 3.13. The van der Waals surface area contributed by atoms with Gasteiger partial charge in [0.15, 0.2) is 0 Å². The van der Waals surface area contributed by atoms with Gasteiger partial charge in [-0.2, -0.15) is 0 Å². The molecule has 0 unspecified atom stereocenters. The van der Waals surface area contributed by atoms with E-state index in [1.54, 1.807) is 49.4 Å². The molecule has 0 saturated heterocycles. The zero-order valence-corrected chi connectivity index (χ0v) is 16.1. The second kappa shape index (κ2) is 7.49. The molecule has 0 bridgehead atoms. The van der Waals surface area contributed by atoms with Gasteiger partial charge in [-0.1, -0.05) is 23.7 Å². The summed E-state index contributed by atoms with van der Waals surface area (Å²) in [5.41, 5.74) is 1.70. The molecule has 134 valence electrons. The predicted octanol–water partition coefficient (Wildman–Crippen LogP) is 4.76. The fourth-order valence-corrected chi connectivity index (χ4v) is 4.14. The number of carbonyl (C=O) groups excluding carboxylic acids is 1. The van der Waals surface area contributed by atoms with E-state index in [2.05, 4.69) is 10.0 Å². The number of halogens is 1. The minimum absolute atomic E-state index is 0.0889. The van der Waals surface area contributed by atoms with Crippen LogP contribution in [0.3, 0.4) is 0 Å². The normalized spacial score (nSPS) is 11.2. The van der Waals surface area contributed by atoms with E-state index in [1.807, 2.05) is 5.38 Å². The van der Waals surface area contributed by atoms with Crippen LogP contribution in [0, 0.1) is 6.92 Å². The molecule has 2 aromatic carbocycles. The molecule has 0 fully saturated rings. The first-order chi connectivity index (χ1) is 12.3. The van der Waals surface area contributed by atoms with Crippen molar-refractivity contribution >= 4 is 50.2 Å². The highest BCUT2D eigenvalue weighted by Gasteiger charge is 2.16. The maximum atomic E-state index is 12.5. The van der Waals surface area contributed by atoms with Crippen LogP contribution in [0.15, 0.2) is 64.9 Å². The van der Waals surface area contributed by atoms with Crippen LogP contribution in [0.2, 0.25) is 5.02 Å². The van der Waals surface area contributed by atoms with E-state index in [0.717, 1.165) is 5.56 Å². The van der Waals surface area contributed by atoms with Crippen molar-refractivity contribution in [1.82, 2.24) is 0 Å². The summed E-state index contributed by atoms with van der Waals surface area (Å²) in [6, 6.07) is 14.5. The number of carbonyl (C=O) groups is 1. The summed E-state index contributed by atoms with van der Waals surface area (Å²) in [5.74, 6) is -0.233. The standard InChI is InChI=1S/C18H15ClN2O3S2/c1-12-4-5-13(19)11-16(12)21-26(23,24)15-8-6-14(7-9-15)20-18(22)17-3-2-10-25-17/h2-11,21H,1H3,(H,20,22). The molecular formula is C18H15ClN2O3S2. The quantitative estimate of drug-likeness (QED) is 0.641. The molecule has 1 aromatic heterocycles. The Labute approximate surface area is 160 Å². The summed E-state index contributed by atoms with van der Waals surface area (Å²) >= 11 is 7.26. The third-order valence-electron chi connectivity index (χ3n) is 3.61. The van der Waals surface area contributed by atoms with Gasteiger partial charge in [-0.15, -0.1) is 11.3 Å². The summed E-state index contributed by atoms with van der Waals surface area (Å²) in [6.45, 7) is 1.79. The van der Waals surface area contributed by atoms with Gasteiger partial charge in [-0.25, -0.2) is 8.42 Å². The van der Waals surface area contributed by atoms with Crippen molar-refractivity contribution in [3.8, 4) is 0 Å². The third-order valence-corrected chi connectivity index (χ3v) is 6.10. The van der Waals surface area contributed by atoms with E-state index in [0.29, 0.717) is 21.3 Å². The maximum Gasteiger partial charge on any atom is 0.265 e. The lowest BCUT2D eigenvalue weighted by Crippen LogP contribution is -2.14. The second-order valence-electron chi connectivity index (χ2n) is 5.52. The Bertz CT molecular complexity index is 1030. The number of thiophene rings is 1. The van der Waals surface area contributed by atoms with Gasteiger partial charge >= 0.3 is 0 Å². The van der Waals surface area contributed by atoms with Gasteiger partial charge in [0.2, 0.25) is 0 Å². The highest BCUT2D eigenvalue weighted by atomic mass is 35.5. The minimum atomic E-state index is -3.76. The van der Waals surface area contributed by atoms with Crippen LogP contribution in [0.4, 0.5) is 11.4 Å². The molecule has 1 heterocycles. The molecule has 0 radical (unpaired) electrons. The smallest absolute Gasteiger partial charge is 0.265 e. The van der Waals surface area contributed by atoms with E-state index >= 15 is 0 Å². The number of hydrogen-bond acceptors (Lipinski definition) is 4. The van der Waals surface area contributed by atoms with Crippen molar-refractivity contribution < 1.29 is 13.2 Å². The third kappa shape index (κ3) is 4.24. The SMILES string of the molecule is Cc1ccc(Cl)cc1NS(=O)(=O)c1ccc(NC(=O)c2cccs2)cc1. The maximum absolute atomic E-state index is 12.5. The Kier molecular flexibility index (Phi) is 5.31.